The maximum absolute atomic E-state index is 13.2. The summed E-state index contributed by atoms with van der Waals surface area (Å²) in [5.74, 6) is 0.451. The molecule has 0 atom stereocenters. The number of aromatic amines is 1. The number of rotatable bonds is 6. The van der Waals surface area contributed by atoms with Crippen LogP contribution in [0.2, 0.25) is 0 Å². The van der Waals surface area contributed by atoms with Crippen molar-refractivity contribution in [2.45, 2.75) is 50.7 Å². The van der Waals surface area contributed by atoms with Crippen molar-refractivity contribution < 1.29 is 21.9 Å². The first kappa shape index (κ1) is 24.8. The highest BCUT2D eigenvalue weighted by Gasteiger charge is 2.34. The van der Waals surface area contributed by atoms with Crippen molar-refractivity contribution in [3.05, 3.63) is 35.7 Å². The minimum atomic E-state index is -3.89. The molecule has 0 aliphatic heterocycles. The zero-order chi connectivity index (χ0) is 22.3. The van der Waals surface area contributed by atoms with E-state index in [2.05, 4.69) is 20.5 Å². The Hall–Kier alpha value is -2.46. The first-order valence-electron chi connectivity index (χ1n) is 9.28. The molecule has 2 heterocycles. The number of nitrogens with one attached hydrogen (secondary N) is 2. The second-order valence-electron chi connectivity index (χ2n) is 7.94. The molecule has 170 valence electrons. The number of sulfone groups is 1. The quantitative estimate of drug-likeness (QED) is 0.524. The highest BCUT2D eigenvalue weighted by Crippen LogP contribution is 2.37. The molecular weight excluding hydrogens is 450 g/mol. The van der Waals surface area contributed by atoms with Gasteiger partial charge in [-0.15, -0.1) is 12.4 Å². The van der Waals surface area contributed by atoms with E-state index in [-0.39, 0.29) is 23.1 Å². The molecule has 0 fully saturated rings. The van der Waals surface area contributed by atoms with E-state index in [1.165, 1.54) is 18.3 Å². The summed E-state index contributed by atoms with van der Waals surface area (Å²) < 4.78 is 55.8. The number of alkyl halides is 2. The molecule has 31 heavy (non-hydrogen) atoms. The summed E-state index contributed by atoms with van der Waals surface area (Å²) in [5, 5.41) is 10.8. The van der Waals surface area contributed by atoms with Crippen LogP contribution in [0.1, 0.15) is 32.0 Å². The molecular formula is C20H25ClF2N4O3S. The van der Waals surface area contributed by atoms with E-state index in [9.17, 15) is 17.2 Å². The third-order valence-electron chi connectivity index (χ3n) is 4.77. The fourth-order valence-corrected chi connectivity index (χ4v) is 4.12. The Morgan fingerprint density at radius 3 is 2.45 bits per heavy atom. The van der Waals surface area contributed by atoms with Crippen LogP contribution in [0.15, 0.2) is 29.3 Å². The van der Waals surface area contributed by atoms with E-state index in [1.54, 1.807) is 26.8 Å². The number of aromatic nitrogens is 3. The van der Waals surface area contributed by atoms with Crippen molar-refractivity contribution >= 4 is 44.7 Å². The Morgan fingerprint density at radius 2 is 1.90 bits per heavy atom. The summed E-state index contributed by atoms with van der Waals surface area (Å²) in [6.45, 7) is 7.50. The van der Waals surface area contributed by atoms with E-state index >= 15 is 0 Å². The standard InChI is InChI=1S/C20H24F2N4O3S.ClH/c1-11-12(2)25-26-19(11)24-14-6-7-23-15-9-16(29-10-18(21)22)17(8-13(14)15)30(27,28)20(3,4)5;/h6-9,18H,10H2,1-5H3,(H2,23,24,25,26);1H. The molecule has 0 amide bonds. The molecule has 0 radical (unpaired) electrons. The average Bonchev–Trinajstić information content (AvgIpc) is 2.97. The predicted octanol–water partition coefficient (Wildman–Crippen LogP) is 4.96. The van der Waals surface area contributed by atoms with Gasteiger partial charge in [-0.05, 0) is 46.8 Å². The number of anilines is 2. The zero-order valence-electron chi connectivity index (χ0n) is 17.8. The molecule has 0 bridgehead atoms. The number of hydrogen-bond acceptors (Lipinski definition) is 6. The molecule has 0 aliphatic carbocycles. The molecule has 0 unspecified atom stereocenters. The second-order valence-corrected chi connectivity index (χ2v) is 10.6. The number of nitrogens with zero attached hydrogens (tertiary/aromatic N) is 2. The Bertz CT molecular complexity index is 1190. The Morgan fingerprint density at radius 1 is 1.23 bits per heavy atom. The number of halogens is 3. The molecule has 1 aromatic carbocycles. The SMILES string of the molecule is Cc1[nH]nc(Nc2ccnc3cc(OCC(F)F)c(S(=O)(=O)C(C)(C)C)cc23)c1C.Cl. The Kier molecular flexibility index (Phi) is 7.17. The number of ether oxygens (including phenoxy) is 1. The zero-order valence-corrected chi connectivity index (χ0v) is 19.4. The summed E-state index contributed by atoms with van der Waals surface area (Å²) in [4.78, 5) is 4.10. The van der Waals surface area contributed by atoms with Gasteiger partial charge in [0, 0.05) is 28.9 Å². The summed E-state index contributed by atoms with van der Waals surface area (Å²) in [6.07, 6.45) is -1.20. The molecule has 11 heteroatoms. The number of pyridine rings is 1. The van der Waals surface area contributed by atoms with Crippen LogP contribution in [0.4, 0.5) is 20.3 Å². The van der Waals surface area contributed by atoms with E-state index in [0.29, 0.717) is 22.4 Å². The van der Waals surface area contributed by atoms with Gasteiger partial charge in [0.05, 0.1) is 16.0 Å². The van der Waals surface area contributed by atoms with Gasteiger partial charge in [0.15, 0.2) is 15.7 Å². The van der Waals surface area contributed by atoms with Crippen LogP contribution in [0, 0.1) is 13.8 Å². The lowest BCUT2D eigenvalue weighted by molar-refractivity contribution is 0.0805. The van der Waals surface area contributed by atoms with E-state index in [4.69, 9.17) is 4.74 Å². The van der Waals surface area contributed by atoms with Crippen molar-refractivity contribution in [1.82, 2.24) is 15.2 Å². The lowest BCUT2D eigenvalue weighted by Crippen LogP contribution is -2.28. The maximum Gasteiger partial charge on any atom is 0.272 e. The van der Waals surface area contributed by atoms with Crippen molar-refractivity contribution in [3.8, 4) is 5.75 Å². The number of hydrogen-bond donors (Lipinski definition) is 2. The van der Waals surface area contributed by atoms with Gasteiger partial charge in [-0.1, -0.05) is 0 Å². The molecule has 3 aromatic rings. The fourth-order valence-electron chi connectivity index (χ4n) is 2.80. The average molecular weight is 475 g/mol. The van der Waals surface area contributed by atoms with Gasteiger partial charge in [-0.2, -0.15) is 5.10 Å². The topological polar surface area (TPSA) is 97.0 Å². The summed E-state index contributed by atoms with van der Waals surface area (Å²) in [7, 11) is -3.89. The Labute approximate surface area is 185 Å². The van der Waals surface area contributed by atoms with Crippen molar-refractivity contribution in [1.29, 1.82) is 0 Å². The van der Waals surface area contributed by atoms with E-state index in [1.807, 2.05) is 13.8 Å². The highest BCUT2D eigenvalue weighted by molar-refractivity contribution is 7.92. The lowest BCUT2D eigenvalue weighted by atomic mass is 10.1. The second kappa shape index (κ2) is 8.96. The van der Waals surface area contributed by atoms with Gasteiger partial charge in [0.2, 0.25) is 0 Å². The van der Waals surface area contributed by atoms with E-state index in [0.717, 1.165) is 11.3 Å². The lowest BCUT2D eigenvalue weighted by Gasteiger charge is -2.22. The fraction of sp³-hybridized carbons (Fsp3) is 0.400. The van der Waals surface area contributed by atoms with Crippen molar-refractivity contribution in [2.24, 2.45) is 0 Å². The normalized spacial score (nSPS) is 12.1. The first-order chi connectivity index (χ1) is 13.9. The summed E-state index contributed by atoms with van der Waals surface area (Å²) in [6, 6.07) is 4.49. The Balaban J connectivity index is 0.00000341. The number of H-pyrrole nitrogens is 1. The molecule has 0 saturated carbocycles. The molecule has 0 spiro atoms. The highest BCUT2D eigenvalue weighted by atomic mass is 35.5. The third-order valence-corrected chi connectivity index (χ3v) is 7.28. The maximum atomic E-state index is 13.2. The van der Waals surface area contributed by atoms with Crippen LogP contribution in [0.5, 0.6) is 5.75 Å². The van der Waals surface area contributed by atoms with Gasteiger partial charge < -0.3 is 10.1 Å². The summed E-state index contributed by atoms with van der Waals surface area (Å²) >= 11 is 0. The molecule has 0 aliphatic rings. The summed E-state index contributed by atoms with van der Waals surface area (Å²) in [5.41, 5.74) is 2.80. The van der Waals surface area contributed by atoms with Crippen LogP contribution < -0.4 is 10.1 Å². The number of fused-ring (bicyclic) bond motifs is 1. The van der Waals surface area contributed by atoms with E-state index < -0.39 is 27.6 Å². The first-order valence-corrected chi connectivity index (χ1v) is 10.8. The monoisotopic (exact) mass is 474 g/mol. The number of aryl methyl sites for hydroxylation is 1. The van der Waals surface area contributed by atoms with Gasteiger partial charge in [-0.3, -0.25) is 10.1 Å². The smallest absolute Gasteiger partial charge is 0.272 e. The van der Waals surface area contributed by atoms with Crippen molar-refractivity contribution in [2.75, 3.05) is 11.9 Å². The predicted molar refractivity (Wildman–Crippen MR) is 119 cm³/mol. The molecule has 7 nitrogen and oxygen atoms in total. The van der Waals surface area contributed by atoms with Crippen LogP contribution in [-0.2, 0) is 9.84 Å². The van der Waals surface area contributed by atoms with Crippen LogP contribution >= 0.6 is 12.4 Å². The van der Waals surface area contributed by atoms with Crippen molar-refractivity contribution in [3.63, 3.8) is 0 Å². The van der Waals surface area contributed by atoms with Gasteiger partial charge in [0.1, 0.15) is 17.3 Å². The molecule has 2 N–H and O–H groups in total. The van der Waals surface area contributed by atoms with Gasteiger partial charge in [-0.25, -0.2) is 17.2 Å². The van der Waals surface area contributed by atoms with Gasteiger partial charge in [0.25, 0.3) is 6.43 Å². The van der Waals surface area contributed by atoms with Crippen LogP contribution in [-0.4, -0.2) is 41.4 Å². The van der Waals surface area contributed by atoms with Crippen LogP contribution in [0.3, 0.4) is 0 Å². The third kappa shape index (κ3) is 4.90. The number of benzene rings is 1. The largest absolute Gasteiger partial charge is 0.486 e. The molecule has 2 aromatic heterocycles. The van der Waals surface area contributed by atoms with Crippen LogP contribution in [0.25, 0.3) is 10.9 Å². The minimum absolute atomic E-state index is 0. The minimum Gasteiger partial charge on any atom is -0.486 e. The molecule has 3 rings (SSSR count). The molecule has 0 saturated heterocycles. The van der Waals surface area contributed by atoms with Gasteiger partial charge >= 0.3 is 0 Å².